The molecule has 180 valence electrons. The summed E-state index contributed by atoms with van der Waals surface area (Å²) in [5.74, 6) is 1.74. The molecule has 0 saturated heterocycles. The maximum atomic E-state index is 12.3. The number of aliphatic carboxylic acids is 1. The van der Waals surface area contributed by atoms with Gasteiger partial charge in [-0.3, -0.25) is 14.4 Å². The van der Waals surface area contributed by atoms with Gasteiger partial charge in [0, 0.05) is 18.8 Å². The Morgan fingerprint density at radius 2 is 1.78 bits per heavy atom. The molecule has 0 unspecified atom stereocenters. The summed E-state index contributed by atoms with van der Waals surface area (Å²) in [5.41, 5.74) is 1.70. The van der Waals surface area contributed by atoms with Crippen molar-refractivity contribution in [3.8, 4) is 0 Å². The number of fused-ring (bicyclic) bond motifs is 5. The van der Waals surface area contributed by atoms with Gasteiger partial charge in [-0.15, -0.1) is 0 Å². The van der Waals surface area contributed by atoms with Crippen LogP contribution < -0.4 is 0 Å². The van der Waals surface area contributed by atoms with Crippen LogP contribution in [-0.4, -0.2) is 34.4 Å². The van der Waals surface area contributed by atoms with Crippen molar-refractivity contribution in [1.82, 2.24) is 0 Å². The lowest BCUT2D eigenvalue weighted by Crippen LogP contribution is -2.51. The molecule has 0 aromatic rings. The third-order valence-corrected chi connectivity index (χ3v) is 9.50. The zero-order valence-electron chi connectivity index (χ0n) is 20.2. The molecule has 6 atom stereocenters. The number of unbranched alkanes of at least 4 members (excludes halogenated alkanes) is 2. The summed E-state index contributed by atoms with van der Waals surface area (Å²) in [5, 5.41) is 17.5. The Morgan fingerprint density at radius 1 is 1.03 bits per heavy atom. The van der Waals surface area contributed by atoms with Crippen LogP contribution in [0.1, 0.15) is 97.8 Å². The molecule has 5 heteroatoms. The van der Waals surface area contributed by atoms with Gasteiger partial charge < -0.3 is 10.2 Å². The van der Waals surface area contributed by atoms with Gasteiger partial charge in [0.15, 0.2) is 11.6 Å². The van der Waals surface area contributed by atoms with Crippen molar-refractivity contribution in [2.24, 2.45) is 34.5 Å². The van der Waals surface area contributed by atoms with E-state index in [0.717, 1.165) is 51.4 Å². The van der Waals surface area contributed by atoms with Gasteiger partial charge >= 0.3 is 5.97 Å². The summed E-state index contributed by atoms with van der Waals surface area (Å²) in [6, 6.07) is 0. The van der Waals surface area contributed by atoms with E-state index in [0.29, 0.717) is 36.4 Å². The van der Waals surface area contributed by atoms with Crippen molar-refractivity contribution < 1.29 is 24.6 Å². The van der Waals surface area contributed by atoms with Crippen LogP contribution in [0.3, 0.4) is 0 Å². The number of carboxylic acid groups (broad SMARTS) is 1. The molecule has 3 saturated carbocycles. The molecule has 0 spiro atoms. The Hall–Kier alpha value is -1.49. The molecule has 0 aromatic heterocycles. The highest BCUT2D eigenvalue weighted by Crippen LogP contribution is 2.66. The van der Waals surface area contributed by atoms with E-state index < -0.39 is 5.97 Å². The van der Waals surface area contributed by atoms with E-state index in [1.807, 2.05) is 6.08 Å². The molecule has 3 fully saturated rings. The summed E-state index contributed by atoms with van der Waals surface area (Å²) < 4.78 is 0. The SMILES string of the molecule is CCCCCC(=O)O.C[C@]12CC[C@H]3[C@@H](CCC4=CC(=O)CC[C@@]43C)[C@@H]1CC[C@@H]2C(=O)CO. The number of hydrogen-bond acceptors (Lipinski definition) is 4. The second kappa shape index (κ2) is 10.2. The van der Waals surface area contributed by atoms with Crippen molar-refractivity contribution in [2.45, 2.75) is 97.8 Å². The summed E-state index contributed by atoms with van der Waals surface area (Å²) in [6.07, 6.45) is 13.6. The summed E-state index contributed by atoms with van der Waals surface area (Å²) in [4.78, 5) is 34.0. The van der Waals surface area contributed by atoms with Gasteiger partial charge in [0.2, 0.25) is 0 Å². The quantitative estimate of drug-likeness (QED) is 0.537. The van der Waals surface area contributed by atoms with E-state index in [2.05, 4.69) is 20.8 Å². The monoisotopic (exact) mass is 446 g/mol. The fourth-order valence-corrected chi connectivity index (χ4v) is 7.72. The molecule has 32 heavy (non-hydrogen) atoms. The van der Waals surface area contributed by atoms with E-state index in [9.17, 15) is 19.5 Å². The Morgan fingerprint density at radius 3 is 2.44 bits per heavy atom. The minimum absolute atomic E-state index is 0.0596. The maximum absolute atomic E-state index is 12.3. The lowest BCUT2D eigenvalue weighted by Gasteiger charge is -2.58. The van der Waals surface area contributed by atoms with Crippen LogP contribution in [0.15, 0.2) is 11.6 Å². The second-order valence-electron chi connectivity index (χ2n) is 11.1. The first-order valence-corrected chi connectivity index (χ1v) is 12.8. The fraction of sp³-hybridized carbons (Fsp3) is 0.815. The van der Waals surface area contributed by atoms with Crippen LogP contribution in [0.5, 0.6) is 0 Å². The molecule has 0 aromatic carbocycles. The molecular formula is C27H42O5. The average molecular weight is 447 g/mol. The summed E-state index contributed by atoms with van der Waals surface area (Å²) in [6.45, 7) is 6.48. The van der Waals surface area contributed by atoms with Gasteiger partial charge in [0.25, 0.3) is 0 Å². The highest BCUT2D eigenvalue weighted by molar-refractivity contribution is 5.91. The second-order valence-corrected chi connectivity index (χ2v) is 11.1. The molecule has 0 aliphatic heterocycles. The lowest BCUT2D eigenvalue weighted by atomic mass is 9.46. The highest BCUT2D eigenvalue weighted by atomic mass is 16.4. The van der Waals surface area contributed by atoms with Crippen LogP contribution >= 0.6 is 0 Å². The van der Waals surface area contributed by atoms with Crippen molar-refractivity contribution >= 4 is 17.5 Å². The van der Waals surface area contributed by atoms with E-state index in [1.165, 1.54) is 18.4 Å². The van der Waals surface area contributed by atoms with Gasteiger partial charge in [-0.25, -0.2) is 0 Å². The predicted molar refractivity (Wildman–Crippen MR) is 124 cm³/mol. The fourth-order valence-electron chi connectivity index (χ4n) is 7.72. The Kier molecular flexibility index (Phi) is 8.01. The molecule has 4 aliphatic carbocycles. The zero-order valence-corrected chi connectivity index (χ0v) is 20.2. The van der Waals surface area contributed by atoms with E-state index in [1.54, 1.807) is 0 Å². The summed E-state index contributed by atoms with van der Waals surface area (Å²) in [7, 11) is 0. The van der Waals surface area contributed by atoms with Crippen molar-refractivity contribution in [3.63, 3.8) is 0 Å². The molecule has 4 aliphatic rings. The Labute approximate surface area is 193 Å². The molecule has 5 nitrogen and oxygen atoms in total. The number of rotatable bonds is 6. The van der Waals surface area contributed by atoms with Crippen LogP contribution in [0.25, 0.3) is 0 Å². The minimum Gasteiger partial charge on any atom is -0.481 e. The first-order chi connectivity index (χ1) is 15.2. The largest absolute Gasteiger partial charge is 0.481 e. The number of carbonyl (C=O) groups is 3. The molecule has 0 heterocycles. The first-order valence-electron chi connectivity index (χ1n) is 12.8. The van der Waals surface area contributed by atoms with Crippen LogP contribution in [-0.2, 0) is 14.4 Å². The molecule has 0 amide bonds. The van der Waals surface area contributed by atoms with Crippen molar-refractivity contribution in [1.29, 1.82) is 0 Å². The highest BCUT2D eigenvalue weighted by Gasteiger charge is 2.59. The van der Waals surface area contributed by atoms with E-state index >= 15 is 0 Å². The van der Waals surface area contributed by atoms with Gasteiger partial charge in [-0.2, -0.15) is 0 Å². The number of carboxylic acids is 1. The van der Waals surface area contributed by atoms with Gasteiger partial charge in [0.1, 0.15) is 6.61 Å². The smallest absolute Gasteiger partial charge is 0.303 e. The number of aliphatic hydroxyl groups is 1. The van der Waals surface area contributed by atoms with Crippen molar-refractivity contribution in [3.05, 3.63) is 11.6 Å². The summed E-state index contributed by atoms with van der Waals surface area (Å²) >= 11 is 0. The molecule has 0 bridgehead atoms. The standard InChI is InChI=1S/C21H30O3.C6H12O2/c1-20-9-7-14(23)11-13(20)3-4-15-16-5-6-18(19(24)12-22)21(16,2)10-8-17(15)20;1-2-3-4-5-6(7)8/h11,15-18,22H,3-10,12H2,1-2H3;2-5H2,1H3,(H,7,8)/t15-,16-,17-,18+,20-,21-;/m0./s1. The Balaban J connectivity index is 0.000000312. The number of carbonyl (C=O) groups excluding carboxylic acids is 2. The topological polar surface area (TPSA) is 91.7 Å². The zero-order chi connectivity index (χ0) is 23.5. The maximum Gasteiger partial charge on any atom is 0.303 e. The van der Waals surface area contributed by atoms with Gasteiger partial charge in [-0.1, -0.05) is 39.2 Å². The third-order valence-electron chi connectivity index (χ3n) is 9.50. The molecule has 4 rings (SSSR count). The van der Waals surface area contributed by atoms with Crippen molar-refractivity contribution in [2.75, 3.05) is 6.61 Å². The average Bonchev–Trinajstić information content (AvgIpc) is 3.11. The number of Topliss-reactive ketones (excluding diaryl/α,β-unsaturated/α-hetero) is 1. The number of aliphatic hydroxyl groups excluding tert-OH is 1. The van der Waals surface area contributed by atoms with E-state index in [4.69, 9.17) is 5.11 Å². The lowest BCUT2D eigenvalue weighted by molar-refractivity contribution is -0.137. The first kappa shape index (κ1) is 25.1. The number of hydrogen-bond donors (Lipinski definition) is 2. The van der Waals surface area contributed by atoms with Gasteiger partial charge in [-0.05, 0) is 86.0 Å². The third kappa shape index (κ3) is 4.73. The Bertz CT molecular complexity index is 755. The molecule has 2 N–H and O–H groups in total. The predicted octanol–water partition coefficient (Wildman–Crippen LogP) is 5.35. The normalized spacial score (nSPS) is 37.9. The molecule has 0 radical (unpaired) electrons. The van der Waals surface area contributed by atoms with Crippen LogP contribution in [0, 0.1) is 34.5 Å². The molecular weight excluding hydrogens is 404 g/mol. The number of ketones is 2. The number of allylic oxidation sites excluding steroid dienone is 1. The van der Waals surface area contributed by atoms with Gasteiger partial charge in [0.05, 0.1) is 0 Å². The van der Waals surface area contributed by atoms with Crippen LogP contribution in [0.2, 0.25) is 0 Å². The minimum atomic E-state index is -0.682. The van der Waals surface area contributed by atoms with Crippen LogP contribution in [0.4, 0.5) is 0 Å². The van der Waals surface area contributed by atoms with E-state index in [-0.39, 0.29) is 29.1 Å².